The molecule has 0 saturated carbocycles. The maximum Gasteiger partial charge on any atom is 0.191 e. The molecule has 1 heterocycles. The quantitative estimate of drug-likeness (QED) is 0.927. The van der Waals surface area contributed by atoms with Crippen LogP contribution in [0.25, 0.3) is 0 Å². The van der Waals surface area contributed by atoms with Gasteiger partial charge in [0, 0.05) is 23.1 Å². The van der Waals surface area contributed by atoms with Crippen molar-refractivity contribution >= 4 is 29.2 Å². The number of rotatable bonds is 4. The Bertz CT molecular complexity index is 488. The van der Waals surface area contributed by atoms with Gasteiger partial charge in [-0.2, -0.15) is 0 Å². The van der Waals surface area contributed by atoms with Crippen LogP contribution in [-0.2, 0) is 0 Å². The fourth-order valence-corrected chi connectivity index (χ4v) is 2.57. The summed E-state index contributed by atoms with van der Waals surface area (Å²) in [5.41, 5.74) is 6.95. The van der Waals surface area contributed by atoms with Crippen molar-refractivity contribution < 1.29 is 0 Å². The van der Waals surface area contributed by atoms with Crippen molar-refractivity contribution in [1.82, 2.24) is 9.80 Å². The van der Waals surface area contributed by atoms with E-state index in [1.165, 1.54) is 0 Å². The van der Waals surface area contributed by atoms with E-state index < -0.39 is 0 Å². The molecule has 0 fully saturated rings. The lowest BCUT2D eigenvalue weighted by molar-refractivity contribution is 0.293. The van der Waals surface area contributed by atoms with Gasteiger partial charge in [-0.1, -0.05) is 23.2 Å². The second-order valence-corrected chi connectivity index (χ2v) is 5.72. The average molecular weight is 301 g/mol. The van der Waals surface area contributed by atoms with Crippen LogP contribution in [-0.4, -0.2) is 49.5 Å². The van der Waals surface area contributed by atoms with E-state index in [9.17, 15) is 0 Å². The first-order chi connectivity index (χ1) is 8.99. The van der Waals surface area contributed by atoms with Gasteiger partial charge in [0.2, 0.25) is 0 Å². The zero-order valence-electron chi connectivity index (χ0n) is 11.1. The van der Waals surface area contributed by atoms with Crippen LogP contribution in [0.5, 0.6) is 0 Å². The average Bonchev–Trinajstić information content (AvgIpc) is 2.71. The van der Waals surface area contributed by atoms with E-state index in [2.05, 4.69) is 14.8 Å². The van der Waals surface area contributed by atoms with Gasteiger partial charge in [-0.05, 0) is 37.9 Å². The third-order valence-corrected chi connectivity index (χ3v) is 3.78. The van der Waals surface area contributed by atoms with Crippen LogP contribution in [0.3, 0.4) is 0 Å². The van der Waals surface area contributed by atoms with Crippen molar-refractivity contribution in [1.29, 1.82) is 0 Å². The van der Waals surface area contributed by atoms with Gasteiger partial charge in [-0.15, -0.1) is 0 Å². The summed E-state index contributed by atoms with van der Waals surface area (Å²) in [6.45, 7) is 2.35. The van der Waals surface area contributed by atoms with Gasteiger partial charge >= 0.3 is 0 Å². The number of aliphatic imine (C=N–C) groups is 1. The SMILES string of the molecule is CN(C)CCN1C(N)=NCC1c1cc(Cl)ccc1Cl. The normalized spacial score (nSPS) is 19.1. The highest BCUT2D eigenvalue weighted by Crippen LogP contribution is 2.32. The number of guanidine groups is 1. The second kappa shape index (κ2) is 5.99. The fourth-order valence-electron chi connectivity index (χ4n) is 2.14. The second-order valence-electron chi connectivity index (χ2n) is 4.88. The minimum atomic E-state index is 0.0751. The Hall–Kier alpha value is -0.970. The molecule has 1 aliphatic heterocycles. The van der Waals surface area contributed by atoms with Crippen molar-refractivity contribution in [2.75, 3.05) is 33.7 Å². The zero-order valence-corrected chi connectivity index (χ0v) is 12.6. The summed E-state index contributed by atoms with van der Waals surface area (Å²) in [7, 11) is 4.07. The van der Waals surface area contributed by atoms with Crippen LogP contribution in [0, 0.1) is 0 Å². The fraction of sp³-hybridized carbons (Fsp3) is 0.462. The summed E-state index contributed by atoms with van der Waals surface area (Å²) in [4.78, 5) is 8.52. The number of likely N-dealkylation sites (N-methyl/N-ethyl adjacent to an activating group) is 1. The number of nitrogens with two attached hydrogens (primary N) is 1. The molecular weight excluding hydrogens is 283 g/mol. The van der Waals surface area contributed by atoms with Crippen LogP contribution in [0.15, 0.2) is 23.2 Å². The van der Waals surface area contributed by atoms with Crippen LogP contribution in [0.4, 0.5) is 0 Å². The van der Waals surface area contributed by atoms with E-state index in [4.69, 9.17) is 28.9 Å². The van der Waals surface area contributed by atoms with E-state index in [0.717, 1.165) is 18.7 Å². The molecule has 0 amide bonds. The molecule has 1 aromatic rings. The molecule has 1 aromatic carbocycles. The van der Waals surface area contributed by atoms with E-state index in [1.54, 1.807) is 6.07 Å². The maximum absolute atomic E-state index is 6.26. The molecule has 0 radical (unpaired) electrons. The zero-order chi connectivity index (χ0) is 14.0. The Morgan fingerprint density at radius 2 is 2.16 bits per heavy atom. The lowest BCUT2D eigenvalue weighted by atomic mass is 10.1. The summed E-state index contributed by atoms with van der Waals surface area (Å²) in [5, 5.41) is 1.38. The minimum Gasteiger partial charge on any atom is -0.370 e. The van der Waals surface area contributed by atoms with E-state index >= 15 is 0 Å². The maximum atomic E-state index is 6.26. The predicted molar refractivity (Wildman–Crippen MR) is 81.0 cm³/mol. The molecular formula is C13H18Cl2N4. The highest BCUT2D eigenvalue weighted by atomic mass is 35.5. The summed E-state index contributed by atoms with van der Waals surface area (Å²) in [5.74, 6) is 0.572. The highest BCUT2D eigenvalue weighted by Gasteiger charge is 2.28. The first-order valence-electron chi connectivity index (χ1n) is 6.15. The summed E-state index contributed by atoms with van der Waals surface area (Å²) >= 11 is 12.3. The van der Waals surface area contributed by atoms with Crippen molar-refractivity contribution in [3.05, 3.63) is 33.8 Å². The Kier molecular flexibility index (Phi) is 4.55. The molecule has 104 valence electrons. The van der Waals surface area contributed by atoms with Crippen molar-refractivity contribution in [3.8, 4) is 0 Å². The van der Waals surface area contributed by atoms with Crippen molar-refractivity contribution in [2.24, 2.45) is 10.7 Å². The van der Waals surface area contributed by atoms with Crippen molar-refractivity contribution in [2.45, 2.75) is 6.04 Å². The number of halogens is 2. The Morgan fingerprint density at radius 3 is 2.84 bits per heavy atom. The van der Waals surface area contributed by atoms with Crippen LogP contribution in [0.1, 0.15) is 11.6 Å². The van der Waals surface area contributed by atoms with Crippen molar-refractivity contribution in [3.63, 3.8) is 0 Å². The first-order valence-corrected chi connectivity index (χ1v) is 6.91. The molecule has 0 spiro atoms. The van der Waals surface area contributed by atoms with Gasteiger partial charge in [0.25, 0.3) is 0 Å². The molecule has 0 aliphatic carbocycles. The van der Waals surface area contributed by atoms with Crippen LogP contribution >= 0.6 is 23.2 Å². The predicted octanol–water partition coefficient (Wildman–Crippen LogP) is 2.23. The smallest absolute Gasteiger partial charge is 0.191 e. The lowest BCUT2D eigenvalue weighted by Crippen LogP contribution is -2.40. The highest BCUT2D eigenvalue weighted by molar-refractivity contribution is 6.33. The minimum absolute atomic E-state index is 0.0751. The number of hydrogen-bond acceptors (Lipinski definition) is 4. The molecule has 0 aromatic heterocycles. The number of benzene rings is 1. The van der Waals surface area contributed by atoms with Gasteiger partial charge in [0.05, 0.1) is 12.6 Å². The molecule has 2 N–H and O–H groups in total. The van der Waals surface area contributed by atoms with Gasteiger partial charge < -0.3 is 15.5 Å². The van der Waals surface area contributed by atoms with Gasteiger partial charge in [0.1, 0.15) is 0 Å². The number of nitrogens with zero attached hydrogens (tertiary/aromatic N) is 3. The molecule has 2 rings (SSSR count). The molecule has 1 atom stereocenters. The summed E-state index contributed by atoms with van der Waals surface area (Å²) < 4.78 is 0. The van der Waals surface area contributed by atoms with E-state index in [-0.39, 0.29) is 6.04 Å². The molecule has 1 aliphatic rings. The summed E-state index contributed by atoms with van der Waals surface area (Å²) in [6, 6.07) is 5.58. The molecule has 6 heteroatoms. The van der Waals surface area contributed by atoms with E-state index in [0.29, 0.717) is 22.5 Å². The molecule has 0 bridgehead atoms. The van der Waals surface area contributed by atoms with Gasteiger partial charge in [-0.25, -0.2) is 0 Å². The van der Waals surface area contributed by atoms with Gasteiger partial charge in [-0.3, -0.25) is 4.99 Å². The van der Waals surface area contributed by atoms with Crippen LogP contribution in [0.2, 0.25) is 10.0 Å². The monoisotopic (exact) mass is 300 g/mol. The lowest BCUT2D eigenvalue weighted by Gasteiger charge is -2.28. The molecule has 19 heavy (non-hydrogen) atoms. The van der Waals surface area contributed by atoms with E-state index in [1.807, 2.05) is 26.2 Å². The number of hydrogen-bond donors (Lipinski definition) is 1. The Morgan fingerprint density at radius 1 is 1.42 bits per heavy atom. The largest absolute Gasteiger partial charge is 0.370 e. The third-order valence-electron chi connectivity index (χ3n) is 3.20. The topological polar surface area (TPSA) is 44.9 Å². The van der Waals surface area contributed by atoms with Gasteiger partial charge in [0.15, 0.2) is 5.96 Å². The molecule has 4 nitrogen and oxygen atoms in total. The van der Waals surface area contributed by atoms with Crippen LogP contribution < -0.4 is 5.73 Å². The summed E-state index contributed by atoms with van der Waals surface area (Å²) in [6.07, 6.45) is 0. The molecule has 0 saturated heterocycles. The Balaban J connectivity index is 2.21. The standard InChI is InChI=1S/C13H18Cl2N4/c1-18(2)5-6-19-12(8-17-13(19)16)10-7-9(14)3-4-11(10)15/h3-4,7,12H,5-6,8H2,1-2H3,(H2,16,17). The first kappa shape index (κ1) is 14.4. The molecule has 1 unspecified atom stereocenters. The Labute approximate surface area is 123 Å². The third kappa shape index (κ3) is 3.32.